The lowest BCUT2D eigenvalue weighted by atomic mass is 10.2. The van der Waals surface area contributed by atoms with Gasteiger partial charge in [0, 0.05) is 21.8 Å². The predicted octanol–water partition coefficient (Wildman–Crippen LogP) is 5.41. The lowest BCUT2D eigenvalue weighted by molar-refractivity contribution is 0.0977. The number of anilines is 1. The molecule has 144 valence electrons. The number of fused-ring (bicyclic) bond motifs is 1. The molecule has 0 radical (unpaired) electrons. The van der Waals surface area contributed by atoms with E-state index in [1.807, 2.05) is 0 Å². The number of hydrogen-bond donors (Lipinski definition) is 2. The first-order chi connectivity index (χ1) is 14.0. The third-order valence-electron chi connectivity index (χ3n) is 4.05. The fourth-order valence-corrected chi connectivity index (χ4v) is 3.09. The summed E-state index contributed by atoms with van der Waals surface area (Å²) in [5, 5.41) is 6.14. The van der Waals surface area contributed by atoms with Crippen molar-refractivity contribution in [1.29, 1.82) is 0 Å². The summed E-state index contributed by atoms with van der Waals surface area (Å²) in [4.78, 5) is 16.7. The number of carbonyl (C=O) groups excluding carboxylic acids is 1. The smallest absolute Gasteiger partial charge is 0.257 e. The molecular weight excluding hydrogens is 413 g/mol. The van der Waals surface area contributed by atoms with Gasteiger partial charge >= 0.3 is 0 Å². The number of thiocarbonyl (C=S) groups is 1. The van der Waals surface area contributed by atoms with Crippen LogP contribution in [0.25, 0.3) is 22.6 Å². The van der Waals surface area contributed by atoms with E-state index in [-0.39, 0.29) is 16.8 Å². The van der Waals surface area contributed by atoms with Crippen LogP contribution in [-0.4, -0.2) is 16.0 Å². The predicted molar refractivity (Wildman–Crippen MR) is 115 cm³/mol. The van der Waals surface area contributed by atoms with Crippen LogP contribution in [0.2, 0.25) is 5.02 Å². The maximum Gasteiger partial charge on any atom is 0.257 e. The topological polar surface area (TPSA) is 67.2 Å². The molecule has 5 nitrogen and oxygen atoms in total. The van der Waals surface area contributed by atoms with Crippen LogP contribution in [0.4, 0.5) is 10.1 Å². The van der Waals surface area contributed by atoms with Crippen LogP contribution in [-0.2, 0) is 0 Å². The van der Waals surface area contributed by atoms with Gasteiger partial charge in [0.2, 0.25) is 5.89 Å². The first-order valence-electron chi connectivity index (χ1n) is 8.52. The molecule has 8 heteroatoms. The van der Waals surface area contributed by atoms with Crippen LogP contribution < -0.4 is 10.6 Å². The van der Waals surface area contributed by atoms with Crippen molar-refractivity contribution in [3.05, 3.63) is 83.1 Å². The Morgan fingerprint density at radius 3 is 2.62 bits per heavy atom. The summed E-state index contributed by atoms with van der Waals surface area (Å²) in [6, 6.07) is 17.7. The Morgan fingerprint density at radius 2 is 1.86 bits per heavy atom. The molecule has 0 fully saturated rings. The molecule has 1 amide bonds. The van der Waals surface area contributed by atoms with Crippen LogP contribution in [0.1, 0.15) is 10.4 Å². The van der Waals surface area contributed by atoms with Crippen molar-refractivity contribution in [3.63, 3.8) is 0 Å². The number of amides is 1. The van der Waals surface area contributed by atoms with E-state index in [4.69, 9.17) is 28.2 Å². The van der Waals surface area contributed by atoms with Gasteiger partial charge in [-0.3, -0.25) is 10.1 Å². The van der Waals surface area contributed by atoms with Gasteiger partial charge in [-0.2, -0.15) is 0 Å². The van der Waals surface area contributed by atoms with E-state index in [1.54, 1.807) is 54.6 Å². The average Bonchev–Trinajstić information content (AvgIpc) is 3.11. The van der Waals surface area contributed by atoms with Crippen LogP contribution in [0, 0.1) is 5.82 Å². The standard InChI is InChI=1S/C21H13ClFN3O2S/c22-14-3-1-2-13(10-14)19(27)26-21(29)24-16-8-9-18-17(11-16)25-20(28-18)12-4-6-15(23)7-5-12/h1-11H,(H2,24,26,27,29). The molecule has 0 aliphatic heterocycles. The van der Waals surface area contributed by atoms with E-state index in [0.717, 1.165) is 0 Å². The molecule has 1 aromatic heterocycles. The quantitative estimate of drug-likeness (QED) is 0.429. The second-order valence-electron chi connectivity index (χ2n) is 6.13. The van der Waals surface area contributed by atoms with Gasteiger partial charge in [0.1, 0.15) is 11.3 Å². The minimum atomic E-state index is -0.369. The third kappa shape index (κ3) is 4.42. The number of nitrogens with zero attached hydrogens (tertiary/aromatic N) is 1. The summed E-state index contributed by atoms with van der Waals surface area (Å²) < 4.78 is 18.8. The van der Waals surface area contributed by atoms with E-state index < -0.39 is 0 Å². The molecule has 3 aromatic carbocycles. The maximum atomic E-state index is 13.1. The SMILES string of the molecule is O=C(NC(=S)Nc1ccc2oc(-c3ccc(F)cc3)nc2c1)c1cccc(Cl)c1. The largest absolute Gasteiger partial charge is 0.436 e. The number of nitrogens with one attached hydrogen (secondary N) is 2. The van der Waals surface area contributed by atoms with Crippen molar-refractivity contribution in [3.8, 4) is 11.5 Å². The molecule has 0 saturated carbocycles. The molecule has 0 aliphatic rings. The molecule has 1 heterocycles. The van der Waals surface area contributed by atoms with Crippen LogP contribution >= 0.6 is 23.8 Å². The zero-order valence-corrected chi connectivity index (χ0v) is 16.4. The first kappa shape index (κ1) is 19.0. The molecule has 2 N–H and O–H groups in total. The fraction of sp³-hybridized carbons (Fsp3) is 0. The van der Waals surface area contributed by atoms with E-state index in [2.05, 4.69) is 15.6 Å². The number of oxazole rings is 1. The van der Waals surface area contributed by atoms with E-state index in [1.165, 1.54) is 12.1 Å². The molecule has 0 aliphatic carbocycles. The number of aromatic nitrogens is 1. The molecule has 0 atom stereocenters. The van der Waals surface area contributed by atoms with E-state index in [9.17, 15) is 9.18 Å². The van der Waals surface area contributed by atoms with Crippen LogP contribution in [0.5, 0.6) is 0 Å². The Kier molecular flexibility index (Phi) is 5.24. The van der Waals surface area contributed by atoms with Gasteiger partial charge in [0.15, 0.2) is 10.7 Å². The Labute approximate surface area is 175 Å². The van der Waals surface area contributed by atoms with Crippen molar-refractivity contribution < 1.29 is 13.6 Å². The molecule has 29 heavy (non-hydrogen) atoms. The van der Waals surface area contributed by atoms with Crippen molar-refractivity contribution in [1.82, 2.24) is 10.3 Å². The van der Waals surface area contributed by atoms with Gasteiger partial charge in [-0.25, -0.2) is 9.37 Å². The zero-order chi connectivity index (χ0) is 20.4. The maximum absolute atomic E-state index is 13.1. The highest BCUT2D eigenvalue weighted by atomic mass is 35.5. The number of rotatable bonds is 3. The number of halogens is 2. The van der Waals surface area contributed by atoms with Gasteiger partial charge in [0.05, 0.1) is 0 Å². The summed E-state index contributed by atoms with van der Waals surface area (Å²) in [7, 11) is 0. The lowest BCUT2D eigenvalue weighted by Crippen LogP contribution is -2.34. The Hall–Kier alpha value is -3.29. The minimum absolute atomic E-state index is 0.136. The molecule has 4 rings (SSSR count). The van der Waals surface area contributed by atoms with Crippen molar-refractivity contribution in [2.45, 2.75) is 0 Å². The van der Waals surface area contributed by atoms with Crippen LogP contribution in [0.3, 0.4) is 0 Å². The Bertz CT molecular complexity index is 1220. The highest BCUT2D eigenvalue weighted by Gasteiger charge is 2.11. The molecule has 0 saturated heterocycles. The number of carbonyl (C=O) groups is 1. The summed E-state index contributed by atoms with van der Waals surface area (Å²) in [5.41, 5.74) is 2.87. The normalized spacial score (nSPS) is 10.7. The van der Waals surface area contributed by atoms with Gasteiger partial charge in [0.25, 0.3) is 5.91 Å². The van der Waals surface area contributed by atoms with Gasteiger partial charge < -0.3 is 9.73 Å². The zero-order valence-electron chi connectivity index (χ0n) is 14.8. The number of hydrogen-bond acceptors (Lipinski definition) is 4. The summed E-state index contributed by atoms with van der Waals surface area (Å²) >= 11 is 11.1. The third-order valence-corrected chi connectivity index (χ3v) is 4.49. The second kappa shape index (κ2) is 7.98. The van der Waals surface area contributed by atoms with Gasteiger partial charge in [-0.05, 0) is 72.9 Å². The van der Waals surface area contributed by atoms with Crippen molar-refractivity contribution in [2.75, 3.05) is 5.32 Å². The average molecular weight is 426 g/mol. The van der Waals surface area contributed by atoms with Crippen molar-refractivity contribution >= 4 is 51.6 Å². The van der Waals surface area contributed by atoms with E-state index in [0.29, 0.717) is 38.8 Å². The number of benzene rings is 3. The second-order valence-corrected chi connectivity index (χ2v) is 6.97. The first-order valence-corrected chi connectivity index (χ1v) is 9.31. The summed E-state index contributed by atoms with van der Waals surface area (Å²) in [6.07, 6.45) is 0. The highest BCUT2D eigenvalue weighted by molar-refractivity contribution is 7.80. The summed E-state index contributed by atoms with van der Waals surface area (Å²) in [5.74, 6) is -0.315. The molecule has 0 spiro atoms. The monoisotopic (exact) mass is 425 g/mol. The van der Waals surface area contributed by atoms with Crippen LogP contribution in [0.15, 0.2) is 71.1 Å². The van der Waals surface area contributed by atoms with Gasteiger partial charge in [-0.15, -0.1) is 0 Å². The molecule has 0 unspecified atom stereocenters. The Balaban J connectivity index is 1.48. The molecule has 0 bridgehead atoms. The van der Waals surface area contributed by atoms with Gasteiger partial charge in [-0.1, -0.05) is 17.7 Å². The highest BCUT2D eigenvalue weighted by Crippen LogP contribution is 2.26. The van der Waals surface area contributed by atoms with E-state index >= 15 is 0 Å². The lowest BCUT2D eigenvalue weighted by Gasteiger charge is -2.09. The molecular formula is C21H13ClFN3O2S. The fourth-order valence-electron chi connectivity index (χ4n) is 2.69. The molecule has 4 aromatic rings. The van der Waals surface area contributed by atoms with Crippen molar-refractivity contribution in [2.24, 2.45) is 0 Å². The Morgan fingerprint density at radius 1 is 1.07 bits per heavy atom. The summed E-state index contributed by atoms with van der Waals surface area (Å²) in [6.45, 7) is 0. The minimum Gasteiger partial charge on any atom is -0.436 e.